The first-order valence-electron chi connectivity index (χ1n) is 8.85. The summed E-state index contributed by atoms with van der Waals surface area (Å²) in [5.74, 6) is 0.366. The molecule has 2 aliphatic heterocycles. The van der Waals surface area contributed by atoms with E-state index < -0.39 is 0 Å². The van der Waals surface area contributed by atoms with E-state index in [2.05, 4.69) is 15.2 Å². The topological polar surface area (TPSA) is 67.6 Å². The molecule has 2 saturated heterocycles. The highest BCUT2D eigenvalue weighted by atomic mass is 16.5. The van der Waals surface area contributed by atoms with E-state index in [4.69, 9.17) is 9.15 Å². The van der Waals surface area contributed by atoms with Crippen molar-refractivity contribution in [1.29, 1.82) is 0 Å². The van der Waals surface area contributed by atoms with Gasteiger partial charge in [0.05, 0.1) is 30.2 Å². The number of amides is 1. The van der Waals surface area contributed by atoms with Crippen LogP contribution in [-0.4, -0.2) is 47.6 Å². The van der Waals surface area contributed by atoms with Gasteiger partial charge >= 0.3 is 0 Å². The number of rotatable bonds is 4. The highest BCUT2D eigenvalue weighted by Gasteiger charge is 2.40. The quantitative estimate of drug-likeness (QED) is 0.922. The number of aromatic nitrogens is 1. The average molecular weight is 341 g/mol. The zero-order valence-corrected chi connectivity index (χ0v) is 14.1. The fraction of sp³-hybridized carbons (Fsp3) is 0.474. The third-order valence-corrected chi connectivity index (χ3v) is 5.06. The van der Waals surface area contributed by atoms with Crippen molar-refractivity contribution in [3.8, 4) is 0 Å². The minimum atomic E-state index is -0.0869. The molecule has 4 rings (SSSR count). The third kappa shape index (κ3) is 3.75. The predicted molar refractivity (Wildman–Crippen MR) is 91.9 cm³/mol. The number of carbonyl (C=O) groups is 1. The lowest BCUT2D eigenvalue weighted by molar-refractivity contribution is -0.0848. The van der Waals surface area contributed by atoms with Gasteiger partial charge in [-0.25, -0.2) is 0 Å². The highest BCUT2D eigenvalue weighted by Crippen LogP contribution is 2.29. The zero-order valence-electron chi connectivity index (χ0n) is 14.1. The van der Waals surface area contributed by atoms with Crippen LogP contribution >= 0.6 is 0 Å². The molecule has 2 fully saturated rings. The molecule has 0 saturated carbocycles. The third-order valence-electron chi connectivity index (χ3n) is 5.06. The van der Waals surface area contributed by atoms with Crippen LogP contribution in [-0.2, 0) is 11.3 Å². The van der Waals surface area contributed by atoms with Crippen LogP contribution in [0.15, 0.2) is 47.5 Å². The smallest absolute Gasteiger partial charge is 0.253 e. The minimum absolute atomic E-state index is 0.0151. The summed E-state index contributed by atoms with van der Waals surface area (Å²) in [6, 6.07) is 5.54. The molecule has 1 N–H and O–H groups in total. The Hall–Kier alpha value is -2.18. The van der Waals surface area contributed by atoms with Crippen molar-refractivity contribution in [3.63, 3.8) is 0 Å². The van der Waals surface area contributed by atoms with E-state index in [9.17, 15) is 4.79 Å². The van der Waals surface area contributed by atoms with Crippen LogP contribution < -0.4 is 5.32 Å². The number of carbonyl (C=O) groups excluding carboxylic acids is 1. The summed E-state index contributed by atoms with van der Waals surface area (Å²) in [4.78, 5) is 19.0. The van der Waals surface area contributed by atoms with E-state index in [1.54, 1.807) is 37.1 Å². The Labute approximate surface area is 147 Å². The van der Waals surface area contributed by atoms with Crippen molar-refractivity contribution in [2.24, 2.45) is 5.92 Å². The van der Waals surface area contributed by atoms with Gasteiger partial charge in [0, 0.05) is 44.2 Å². The Bertz CT molecular complexity index is 689. The number of piperidine rings is 1. The van der Waals surface area contributed by atoms with Crippen LogP contribution in [0.3, 0.4) is 0 Å². The van der Waals surface area contributed by atoms with Gasteiger partial charge in [-0.1, -0.05) is 0 Å². The number of nitrogens with zero attached hydrogens (tertiary/aromatic N) is 2. The zero-order chi connectivity index (χ0) is 17.1. The van der Waals surface area contributed by atoms with Gasteiger partial charge in [-0.3, -0.25) is 14.7 Å². The van der Waals surface area contributed by atoms with Gasteiger partial charge < -0.3 is 14.5 Å². The Morgan fingerprint density at radius 1 is 1.36 bits per heavy atom. The largest absolute Gasteiger partial charge is 0.472 e. The van der Waals surface area contributed by atoms with Crippen LogP contribution in [0.5, 0.6) is 0 Å². The lowest BCUT2D eigenvalue weighted by Gasteiger charge is -2.46. The number of nitrogens with one attached hydrogen (secondary N) is 1. The maximum atomic E-state index is 12.6. The van der Waals surface area contributed by atoms with E-state index in [-0.39, 0.29) is 18.1 Å². The summed E-state index contributed by atoms with van der Waals surface area (Å²) in [5.41, 5.74) is 1.74. The second-order valence-corrected chi connectivity index (χ2v) is 6.89. The number of ether oxygens (including phenoxy) is 1. The molecule has 6 nitrogen and oxygen atoms in total. The number of fused-ring (bicyclic) bond motifs is 1. The number of furan rings is 1. The van der Waals surface area contributed by atoms with Gasteiger partial charge in [0.25, 0.3) is 5.91 Å². The molecular weight excluding hydrogens is 318 g/mol. The van der Waals surface area contributed by atoms with E-state index >= 15 is 0 Å². The number of hydrogen-bond acceptors (Lipinski definition) is 5. The monoisotopic (exact) mass is 341 g/mol. The normalized spacial score (nSPS) is 26.8. The summed E-state index contributed by atoms with van der Waals surface area (Å²) in [6.45, 7) is 3.38. The van der Waals surface area contributed by atoms with Gasteiger partial charge in [0.2, 0.25) is 0 Å². The first-order chi connectivity index (χ1) is 12.3. The molecule has 4 heterocycles. The molecule has 0 spiro atoms. The van der Waals surface area contributed by atoms with Crippen molar-refractivity contribution >= 4 is 5.91 Å². The molecule has 25 heavy (non-hydrogen) atoms. The summed E-state index contributed by atoms with van der Waals surface area (Å²) in [6.07, 6.45) is 9.08. The molecule has 0 radical (unpaired) electrons. The Balaban J connectivity index is 1.48. The molecule has 0 aromatic carbocycles. The van der Waals surface area contributed by atoms with Crippen molar-refractivity contribution < 1.29 is 13.9 Å². The van der Waals surface area contributed by atoms with Crippen molar-refractivity contribution in [2.45, 2.75) is 31.5 Å². The summed E-state index contributed by atoms with van der Waals surface area (Å²) in [7, 11) is 0. The lowest BCUT2D eigenvalue weighted by Crippen LogP contribution is -2.60. The second kappa shape index (κ2) is 7.37. The Morgan fingerprint density at radius 2 is 2.32 bits per heavy atom. The van der Waals surface area contributed by atoms with E-state index in [1.807, 2.05) is 6.07 Å². The number of likely N-dealkylation sites (tertiary alicyclic amines) is 1. The molecule has 2 aromatic heterocycles. The maximum Gasteiger partial charge on any atom is 0.253 e. The van der Waals surface area contributed by atoms with Crippen LogP contribution in [0.25, 0.3) is 0 Å². The van der Waals surface area contributed by atoms with Gasteiger partial charge in [-0.15, -0.1) is 0 Å². The minimum Gasteiger partial charge on any atom is -0.472 e. The second-order valence-electron chi connectivity index (χ2n) is 6.89. The van der Waals surface area contributed by atoms with Crippen LogP contribution in [0.2, 0.25) is 0 Å². The number of hydrogen-bond donors (Lipinski definition) is 1. The molecule has 3 atom stereocenters. The van der Waals surface area contributed by atoms with Crippen LogP contribution in [0.1, 0.15) is 28.8 Å². The maximum absolute atomic E-state index is 12.6. The summed E-state index contributed by atoms with van der Waals surface area (Å²) >= 11 is 0. The van der Waals surface area contributed by atoms with Gasteiger partial charge in [0.1, 0.15) is 0 Å². The summed E-state index contributed by atoms with van der Waals surface area (Å²) in [5, 5.41) is 3.17. The Morgan fingerprint density at radius 3 is 3.12 bits per heavy atom. The lowest BCUT2D eigenvalue weighted by atomic mass is 9.85. The van der Waals surface area contributed by atoms with Gasteiger partial charge in [-0.05, 0) is 37.0 Å². The van der Waals surface area contributed by atoms with Crippen molar-refractivity contribution in [2.75, 3.05) is 19.7 Å². The molecule has 2 aromatic rings. The molecule has 0 bridgehead atoms. The molecule has 1 amide bonds. The molecule has 0 aliphatic carbocycles. The standard InChI is InChI=1S/C19H23N3O3/c23-19(15-3-1-6-20-9-15)21-17-12-22(10-14-5-8-24-13-14)11-16-4-2-7-25-18(16)17/h1,3,5-6,8-9,13,16-18H,2,4,7,10-12H2,(H,21,23)/t16-,17+,18-/m0/s1. The Kier molecular flexibility index (Phi) is 4.81. The van der Waals surface area contributed by atoms with Crippen molar-refractivity contribution in [3.05, 3.63) is 54.2 Å². The number of pyridine rings is 1. The fourth-order valence-corrected chi connectivity index (χ4v) is 3.94. The van der Waals surface area contributed by atoms with Crippen molar-refractivity contribution in [1.82, 2.24) is 15.2 Å². The van der Waals surface area contributed by atoms with Crippen LogP contribution in [0.4, 0.5) is 0 Å². The fourth-order valence-electron chi connectivity index (χ4n) is 3.94. The molecule has 132 valence electrons. The molecule has 0 unspecified atom stereocenters. The highest BCUT2D eigenvalue weighted by molar-refractivity contribution is 5.94. The van der Waals surface area contributed by atoms with E-state index in [0.29, 0.717) is 11.5 Å². The van der Waals surface area contributed by atoms with E-state index in [1.165, 1.54) is 0 Å². The molecule has 2 aliphatic rings. The van der Waals surface area contributed by atoms with Gasteiger partial charge in [0.15, 0.2) is 0 Å². The molecule has 6 heteroatoms. The predicted octanol–water partition coefficient (Wildman–Crippen LogP) is 2.08. The molecular formula is C19H23N3O3. The first kappa shape index (κ1) is 16.3. The first-order valence-corrected chi connectivity index (χ1v) is 8.85. The van der Waals surface area contributed by atoms with Gasteiger partial charge in [-0.2, -0.15) is 0 Å². The SMILES string of the molecule is O=C(N[C@@H]1CN(Cc2ccoc2)C[C@@H]2CCCO[C@@H]21)c1cccnc1. The summed E-state index contributed by atoms with van der Waals surface area (Å²) < 4.78 is 11.2. The average Bonchev–Trinajstić information content (AvgIpc) is 3.15. The van der Waals surface area contributed by atoms with Crippen LogP contribution in [0, 0.1) is 5.92 Å². The van der Waals surface area contributed by atoms with E-state index in [0.717, 1.165) is 44.6 Å².